The monoisotopic (exact) mass is 262 g/mol. The average Bonchev–Trinajstić information content (AvgIpc) is 2.54. The Labute approximate surface area is 113 Å². The Morgan fingerprint density at radius 1 is 1.32 bits per heavy atom. The van der Waals surface area contributed by atoms with Gasteiger partial charge in [-0.2, -0.15) is 0 Å². The molecule has 3 heteroatoms. The van der Waals surface area contributed by atoms with Crippen LogP contribution in [-0.2, 0) is 0 Å². The number of halogens is 1. The van der Waals surface area contributed by atoms with E-state index in [1.807, 2.05) is 0 Å². The molecule has 1 fully saturated rings. The maximum Gasteiger partial charge on any atom is 0.170 e. The van der Waals surface area contributed by atoms with Crippen LogP contribution in [0.4, 0.5) is 4.39 Å². The molecular weight excluding hydrogens is 243 g/mol. The Morgan fingerprint density at radius 2 is 2.16 bits per heavy atom. The molecule has 0 amide bonds. The van der Waals surface area contributed by atoms with Gasteiger partial charge in [0.15, 0.2) is 5.78 Å². The van der Waals surface area contributed by atoms with Crippen molar-refractivity contribution in [2.45, 2.75) is 51.0 Å². The summed E-state index contributed by atoms with van der Waals surface area (Å²) in [6, 6.07) is 4.26. The second-order valence-corrected chi connectivity index (χ2v) is 6.06. The molecule has 19 heavy (non-hydrogen) atoms. The quantitative estimate of drug-likeness (QED) is 0.702. The molecule has 0 bridgehead atoms. The maximum absolute atomic E-state index is 13.2. The van der Waals surface area contributed by atoms with E-state index >= 15 is 0 Å². The number of carbonyl (C=O) groups excluding carboxylic acids is 1. The van der Waals surface area contributed by atoms with E-state index < -0.39 is 0 Å². The van der Waals surface area contributed by atoms with Crippen molar-refractivity contribution in [3.8, 4) is 5.75 Å². The summed E-state index contributed by atoms with van der Waals surface area (Å²) in [6.45, 7) is 2.26. The van der Waals surface area contributed by atoms with Gasteiger partial charge in [0.2, 0.25) is 0 Å². The van der Waals surface area contributed by atoms with E-state index in [4.69, 9.17) is 4.74 Å². The highest BCUT2D eigenvalue weighted by Crippen LogP contribution is 2.42. The van der Waals surface area contributed by atoms with E-state index in [9.17, 15) is 9.18 Å². The summed E-state index contributed by atoms with van der Waals surface area (Å²) >= 11 is 0. The van der Waals surface area contributed by atoms with Crippen LogP contribution in [0.5, 0.6) is 5.75 Å². The van der Waals surface area contributed by atoms with Crippen LogP contribution in [0.3, 0.4) is 0 Å². The molecule has 0 saturated heterocycles. The number of hydrogen-bond acceptors (Lipinski definition) is 2. The van der Waals surface area contributed by atoms with Gasteiger partial charge in [0, 0.05) is 0 Å². The van der Waals surface area contributed by atoms with Crippen LogP contribution in [-0.4, -0.2) is 11.4 Å². The van der Waals surface area contributed by atoms with Crippen LogP contribution in [0.15, 0.2) is 18.2 Å². The lowest BCUT2D eigenvalue weighted by Gasteiger charge is -2.37. The first-order chi connectivity index (χ1) is 9.08. The van der Waals surface area contributed by atoms with Crippen LogP contribution >= 0.6 is 0 Å². The van der Waals surface area contributed by atoms with Crippen LogP contribution in [0.25, 0.3) is 0 Å². The molecule has 0 radical (unpaired) electrons. The number of ketones is 1. The van der Waals surface area contributed by atoms with Gasteiger partial charge in [0.05, 0.1) is 12.0 Å². The molecule has 1 aromatic carbocycles. The molecule has 0 aromatic heterocycles. The summed E-state index contributed by atoms with van der Waals surface area (Å²) in [5.41, 5.74) is 0.0649. The third-order valence-electron chi connectivity index (χ3n) is 4.47. The van der Waals surface area contributed by atoms with Crippen molar-refractivity contribution >= 4 is 5.78 Å². The predicted molar refractivity (Wildman–Crippen MR) is 71.0 cm³/mol. The fourth-order valence-electron chi connectivity index (χ4n) is 3.30. The smallest absolute Gasteiger partial charge is 0.170 e. The fourth-order valence-corrected chi connectivity index (χ4v) is 3.30. The molecule has 1 aliphatic carbocycles. The van der Waals surface area contributed by atoms with Crippen molar-refractivity contribution < 1.29 is 13.9 Å². The lowest BCUT2D eigenvalue weighted by Crippen LogP contribution is -2.41. The maximum atomic E-state index is 13.2. The molecule has 2 unspecified atom stereocenters. The molecule has 2 nitrogen and oxygen atoms in total. The third kappa shape index (κ3) is 2.38. The highest BCUT2D eigenvalue weighted by atomic mass is 19.1. The molecule has 1 spiro atoms. The lowest BCUT2D eigenvalue weighted by molar-refractivity contribution is 0.0290. The number of Topliss-reactive ketones (excluding diaryl/α,β-unsaturated/α-hetero) is 1. The second kappa shape index (κ2) is 4.62. The van der Waals surface area contributed by atoms with Crippen molar-refractivity contribution in [3.63, 3.8) is 0 Å². The number of carbonyl (C=O) groups is 1. The average molecular weight is 262 g/mol. The first kappa shape index (κ1) is 12.6. The Hall–Kier alpha value is -1.38. The molecule has 1 heterocycles. The molecule has 1 aromatic rings. The first-order valence-corrected chi connectivity index (χ1v) is 7.10. The minimum atomic E-state index is -0.374. The Balaban J connectivity index is 1.91. The van der Waals surface area contributed by atoms with Gasteiger partial charge in [-0.15, -0.1) is 0 Å². The van der Waals surface area contributed by atoms with Gasteiger partial charge in [-0.3, -0.25) is 4.79 Å². The molecule has 3 rings (SSSR count). The third-order valence-corrected chi connectivity index (χ3v) is 4.47. The predicted octanol–water partition coefficient (Wildman–Crippen LogP) is 4.13. The zero-order valence-electron chi connectivity index (χ0n) is 11.2. The second-order valence-electron chi connectivity index (χ2n) is 6.06. The van der Waals surface area contributed by atoms with Gasteiger partial charge in [0.1, 0.15) is 17.2 Å². The summed E-state index contributed by atoms with van der Waals surface area (Å²) in [4.78, 5) is 12.3. The summed E-state index contributed by atoms with van der Waals surface area (Å²) in [5, 5.41) is 0. The zero-order valence-corrected chi connectivity index (χ0v) is 11.2. The highest BCUT2D eigenvalue weighted by Gasteiger charge is 2.41. The van der Waals surface area contributed by atoms with Crippen molar-refractivity contribution in [2.24, 2.45) is 5.92 Å². The van der Waals surface area contributed by atoms with Gasteiger partial charge >= 0.3 is 0 Å². The number of rotatable bonds is 0. The molecule has 102 valence electrons. The lowest BCUT2D eigenvalue weighted by atomic mass is 9.84. The Morgan fingerprint density at radius 3 is 3.00 bits per heavy atom. The van der Waals surface area contributed by atoms with E-state index in [-0.39, 0.29) is 17.2 Å². The normalized spacial score (nSPS) is 30.6. The van der Waals surface area contributed by atoms with E-state index in [0.717, 1.165) is 25.7 Å². The molecular formula is C16H19FO2. The number of benzene rings is 1. The SMILES string of the molecule is CC1CCCC2(CC1)CC(=O)c1cc(F)ccc1O2. The van der Waals surface area contributed by atoms with E-state index in [1.165, 1.54) is 18.6 Å². The summed E-state index contributed by atoms with van der Waals surface area (Å²) in [5.74, 6) is 0.913. The largest absolute Gasteiger partial charge is 0.486 e. The highest BCUT2D eigenvalue weighted by molar-refractivity contribution is 6.00. The van der Waals surface area contributed by atoms with Crippen LogP contribution in [0.2, 0.25) is 0 Å². The van der Waals surface area contributed by atoms with Gasteiger partial charge in [-0.25, -0.2) is 4.39 Å². The topological polar surface area (TPSA) is 26.3 Å². The van der Waals surface area contributed by atoms with Crippen molar-refractivity contribution in [1.29, 1.82) is 0 Å². The molecule has 2 aliphatic rings. The van der Waals surface area contributed by atoms with Gasteiger partial charge in [-0.05, 0) is 49.8 Å². The van der Waals surface area contributed by atoms with Crippen molar-refractivity contribution in [3.05, 3.63) is 29.6 Å². The molecule has 0 N–H and O–H groups in total. The summed E-state index contributed by atoms with van der Waals surface area (Å²) in [7, 11) is 0. The van der Waals surface area contributed by atoms with Crippen LogP contribution < -0.4 is 4.74 Å². The van der Waals surface area contributed by atoms with Crippen LogP contribution in [0.1, 0.15) is 55.8 Å². The Bertz CT molecular complexity index is 511. The number of ether oxygens (including phenoxy) is 1. The zero-order chi connectivity index (χ0) is 13.5. The molecule has 1 aliphatic heterocycles. The summed E-state index contributed by atoms with van der Waals surface area (Å²) in [6.07, 6.45) is 5.66. The van der Waals surface area contributed by atoms with Crippen molar-refractivity contribution in [1.82, 2.24) is 0 Å². The minimum Gasteiger partial charge on any atom is -0.486 e. The minimum absolute atomic E-state index is 0.0234. The Kier molecular flexibility index (Phi) is 3.08. The fraction of sp³-hybridized carbons (Fsp3) is 0.562. The van der Waals surface area contributed by atoms with E-state index in [0.29, 0.717) is 23.7 Å². The van der Waals surface area contributed by atoms with Gasteiger partial charge in [0.25, 0.3) is 0 Å². The standard InChI is InChI=1S/C16H19FO2/c1-11-3-2-7-16(8-6-11)10-14(18)13-9-12(17)4-5-15(13)19-16/h4-5,9,11H,2-3,6-8,10H2,1H3. The molecule has 2 atom stereocenters. The van der Waals surface area contributed by atoms with E-state index in [1.54, 1.807) is 6.07 Å². The van der Waals surface area contributed by atoms with Crippen LogP contribution in [0, 0.1) is 11.7 Å². The summed E-state index contributed by atoms with van der Waals surface area (Å²) < 4.78 is 19.3. The van der Waals surface area contributed by atoms with E-state index in [2.05, 4.69) is 6.92 Å². The van der Waals surface area contributed by atoms with Gasteiger partial charge < -0.3 is 4.74 Å². The number of fused-ring (bicyclic) bond motifs is 1. The van der Waals surface area contributed by atoms with Gasteiger partial charge in [-0.1, -0.05) is 13.3 Å². The molecule has 1 saturated carbocycles. The first-order valence-electron chi connectivity index (χ1n) is 7.10. The number of hydrogen-bond donors (Lipinski definition) is 0. The van der Waals surface area contributed by atoms with Crippen molar-refractivity contribution in [2.75, 3.05) is 0 Å².